The molecule has 7 nitrogen and oxygen atoms in total. The van der Waals surface area contributed by atoms with Gasteiger partial charge in [0.1, 0.15) is 12.1 Å². The van der Waals surface area contributed by atoms with Gasteiger partial charge in [-0.25, -0.2) is 14.8 Å². The van der Waals surface area contributed by atoms with Crippen molar-refractivity contribution in [1.29, 1.82) is 4.29 Å². The predicted molar refractivity (Wildman–Crippen MR) is 59.0 cm³/mol. The summed E-state index contributed by atoms with van der Waals surface area (Å²) in [5.41, 5.74) is -1.76. The van der Waals surface area contributed by atoms with E-state index in [9.17, 15) is 4.79 Å². The predicted octanol–water partition coefficient (Wildman–Crippen LogP) is -0.609. The number of aliphatic carboxylic acids is 1. The molecular formula is C9H18N3O4+. The van der Waals surface area contributed by atoms with Crippen LogP contribution < -0.4 is 5.71 Å². The molecule has 0 aromatic rings. The van der Waals surface area contributed by atoms with E-state index in [4.69, 9.17) is 8.53 Å². The largest absolute Gasteiger partial charge is 0.495 e. The van der Waals surface area contributed by atoms with E-state index in [1.165, 1.54) is 20.8 Å². The lowest BCUT2D eigenvalue weighted by Gasteiger charge is -2.08. The Labute approximate surface area is 102 Å². The fraction of sp³-hybridized carbons (Fsp3) is 0.667. The molecule has 0 bridgehead atoms. The summed E-state index contributed by atoms with van der Waals surface area (Å²) in [6, 6.07) is -3.29. The van der Waals surface area contributed by atoms with Crippen LogP contribution in [0.15, 0.2) is 9.98 Å². The minimum absolute atomic E-state index is 0.322. The van der Waals surface area contributed by atoms with Gasteiger partial charge in [-0.3, -0.25) is 0 Å². The smallest absolute Gasteiger partial charge is 0.345 e. The molecule has 0 aliphatic carbocycles. The first-order valence-electron chi connectivity index (χ1n) is 7.20. The highest BCUT2D eigenvalue weighted by molar-refractivity contribution is 5.86. The Kier molecular flexibility index (Phi) is 2.59. The van der Waals surface area contributed by atoms with Crippen molar-refractivity contribution in [3.63, 3.8) is 0 Å². The molecule has 0 heterocycles. The molecule has 0 spiro atoms. The molecule has 0 amide bonds. The number of carboxylic acid groups (broad SMARTS) is 1. The molecule has 0 fully saturated rings. The number of aliphatic hydroxyl groups is 2. The minimum atomic E-state index is -1.76. The Morgan fingerprint density at radius 3 is 2.31 bits per heavy atom. The molecule has 0 saturated heterocycles. The molecule has 0 radical (unpaired) electrons. The van der Waals surface area contributed by atoms with Gasteiger partial charge in [0.2, 0.25) is 11.8 Å². The van der Waals surface area contributed by atoms with Crippen LogP contribution in [-0.4, -0.2) is 51.2 Å². The standard InChI is InChI=1S/C9H17N3O4/c1-4(10)7(13)11-5(2)8(14)12-6(3)9(15)16/h4-6H,10H2,1-3H3,(H,11,13)(H,12,14)(H,15,16)/p+1/t4-,5+,6+/m0/s1/i7+1/hD6. The molecule has 0 aliphatic rings. The van der Waals surface area contributed by atoms with Gasteiger partial charge in [-0.15, -0.1) is 0 Å². The molecule has 0 aliphatic heterocycles. The number of quaternary nitrogens is 1. The number of aliphatic imine (C=N–C) groups is 2. The van der Waals surface area contributed by atoms with E-state index in [-0.39, 0.29) is 5.90 Å². The molecule has 0 rings (SSSR count). The van der Waals surface area contributed by atoms with Gasteiger partial charge < -0.3 is 21.0 Å². The van der Waals surface area contributed by atoms with Gasteiger partial charge in [0.15, 0.2) is 6.04 Å². The second-order valence-electron chi connectivity index (χ2n) is 3.28. The normalized spacial score (nSPS) is 24.4. The minimum Gasteiger partial charge on any atom is -0.495 e. The maximum atomic E-state index is 11.1. The summed E-state index contributed by atoms with van der Waals surface area (Å²) in [6.45, 7) is 4.01. The fourth-order valence-electron chi connectivity index (χ4n) is 0.705. The van der Waals surface area contributed by atoms with Gasteiger partial charge in [-0.05, 0) is 20.8 Å². The molecule has 3 atom stereocenters. The van der Waals surface area contributed by atoms with Crippen LogP contribution >= 0.6 is 0 Å². The topological polar surface area (TPSA) is 130 Å². The monoisotopic (exact) mass is 239 g/mol. The summed E-state index contributed by atoms with van der Waals surface area (Å²) in [7, 11) is 0. The van der Waals surface area contributed by atoms with Crippen LogP contribution in [0.4, 0.5) is 0 Å². The third kappa shape index (κ3) is 4.74. The highest BCUT2D eigenvalue weighted by Crippen LogP contribution is 1.98. The average Bonchev–Trinajstić information content (AvgIpc) is 2.46. The average molecular weight is 239 g/mol. The summed E-state index contributed by atoms with van der Waals surface area (Å²) < 4.78 is 41.9. The quantitative estimate of drug-likeness (QED) is 0.280. The number of rotatable bonds is 6. The second-order valence-corrected chi connectivity index (χ2v) is 3.28. The lowest BCUT2D eigenvalue weighted by molar-refractivity contribution is -0.392. The first-order valence-corrected chi connectivity index (χ1v) is 4.64. The first kappa shape index (κ1) is 6.85. The molecule has 6 N–H and O–H groups in total. The summed E-state index contributed by atoms with van der Waals surface area (Å²) in [4.78, 5) is 18.6. The summed E-state index contributed by atoms with van der Waals surface area (Å²) in [5.74, 6) is -1.69. The summed E-state index contributed by atoms with van der Waals surface area (Å²) >= 11 is 0. The van der Waals surface area contributed by atoms with Gasteiger partial charge in [0.25, 0.3) is 4.29 Å². The zero-order valence-electron chi connectivity index (χ0n) is 15.2. The highest BCUT2D eigenvalue weighted by Gasteiger charge is 2.16. The fourth-order valence-corrected chi connectivity index (χ4v) is 0.705. The van der Waals surface area contributed by atoms with Gasteiger partial charge in [0, 0.05) is 0 Å². The Morgan fingerprint density at radius 2 is 1.81 bits per heavy atom. The summed E-state index contributed by atoms with van der Waals surface area (Å²) in [6.07, 6.45) is 0. The van der Waals surface area contributed by atoms with E-state index in [2.05, 4.69) is 25.3 Å². The lowest BCUT2D eigenvalue weighted by Crippen LogP contribution is -2.63. The van der Waals surface area contributed by atoms with E-state index >= 15 is 0 Å². The molecule has 16 heavy (non-hydrogen) atoms. The number of hydrogen-bond donors (Lipinski definition) is 4. The zero-order valence-corrected chi connectivity index (χ0v) is 9.21. The van der Waals surface area contributed by atoms with Crippen LogP contribution in [0.5, 0.6) is 0 Å². The van der Waals surface area contributed by atoms with Crippen molar-refractivity contribution in [2.24, 2.45) is 9.98 Å². The molecule has 7 heteroatoms. The molecule has 92 valence electrons. The molecule has 0 aromatic heterocycles. The number of hydrogen-bond acceptors (Lipinski definition) is 6. The van der Waals surface area contributed by atoms with Gasteiger partial charge in [-0.1, -0.05) is 0 Å². The van der Waals surface area contributed by atoms with E-state index in [1.54, 1.807) is 0 Å². The zero-order chi connectivity index (χ0) is 17.5. The van der Waals surface area contributed by atoms with Crippen molar-refractivity contribution in [2.75, 3.05) is 0 Å². The van der Waals surface area contributed by atoms with Crippen molar-refractivity contribution in [3.05, 3.63) is 0 Å². The Balaban J connectivity index is 5.33. The first-order chi connectivity index (χ1) is 10.1. The van der Waals surface area contributed by atoms with Gasteiger partial charge >= 0.3 is 10.2 Å². The Hall–Kier alpha value is -1.63. The van der Waals surface area contributed by atoms with Crippen molar-refractivity contribution < 1.29 is 30.1 Å². The Bertz CT molecular complexity index is 442. The van der Waals surface area contributed by atoms with Crippen LogP contribution in [-0.2, 0) is 4.79 Å². The van der Waals surface area contributed by atoms with Crippen molar-refractivity contribution in [1.82, 2.24) is 0 Å². The third-order valence-electron chi connectivity index (χ3n) is 1.70. The van der Waals surface area contributed by atoms with E-state index in [1.807, 2.05) is 0 Å². The molecule has 0 unspecified atom stereocenters. The van der Waals surface area contributed by atoms with E-state index in [0.717, 1.165) is 0 Å². The number of nitrogens with zero attached hydrogens (tertiary/aromatic N) is 2. The highest BCUT2D eigenvalue weighted by atomic mass is 16.4. The number of carboxylic acids is 1. The van der Waals surface area contributed by atoms with E-state index in [0.29, 0.717) is 0 Å². The van der Waals surface area contributed by atoms with Crippen LogP contribution in [0, 0.1) is 0 Å². The Morgan fingerprint density at radius 1 is 1.19 bits per heavy atom. The number of carbonyl (C=O) groups is 1. The van der Waals surface area contributed by atoms with Gasteiger partial charge in [-0.2, -0.15) is 0 Å². The van der Waals surface area contributed by atoms with Crippen LogP contribution in [0.25, 0.3) is 4.29 Å². The molecule has 0 saturated carbocycles. The van der Waals surface area contributed by atoms with Crippen molar-refractivity contribution in [3.8, 4) is 0 Å². The maximum Gasteiger partial charge on any atom is 0.345 e. The molecular weight excluding hydrogens is 215 g/mol. The van der Waals surface area contributed by atoms with Crippen LogP contribution in [0.1, 0.15) is 20.8 Å². The van der Waals surface area contributed by atoms with Crippen LogP contribution in [0.2, 0.25) is 4.24 Å². The lowest BCUT2D eigenvalue weighted by atomic mass is 10.3. The molecule has 0 aromatic carbocycles. The maximum absolute atomic E-state index is 11.1. The summed E-state index contributed by atoms with van der Waals surface area (Å²) in [5, 5.41) is 12.2. The SMILES string of the molecule is [2H]OC(=O)[C@@H](C)N=C(O[2H])[C@@H](C)N=[13C](O[2H])[C@H](C)[N+]([2H])([2H])[2H]. The van der Waals surface area contributed by atoms with Crippen LogP contribution in [0.3, 0.4) is 0 Å². The van der Waals surface area contributed by atoms with Gasteiger partial charge in [0.05, 0.1) is 0 Å². The van der Waals surface area contributed by atoms with Crippen molar-refractivity contribution >= 4 is 17.8 Å². The van der Waals surface area contributed by atoms with E-state index < -0.39 is 35.7 Å². The van der Waals surface area contributed by atoms with Crippen molar-refractivity contribution in [2.45, 2.75) is 38.9 Å². The second kappa shape index (κ2) is 6.06. The number of aliphatic hydroxyl groups excluding tert-OH is 2. The third-order valence-corrected chi connectivity index (χ3v) is 1.70.